The van der Waals surface area contributed by atoms with Crippen LogP contribution in [0.5, 0.6) is 0 Å². The Morgan fingerprint density at radius 1 is 1.53 bits per heavy atom. The summed E-state index contributed by atoms with van der Waals surface area (Å²) in [5.41, 5.74) is -1.02. The molecule has 4 atom stereocenters. The molecule has 4 nitrogen and oxygen atoms in total. The number of carbonyl (C=O) groups is 1. The van der Waals surface area contributed by atoms with E-state index in [0.29, 0.717) is 18.6 Å². The lowest BCUT2D eigenvalue weighted by atomic mass is 9.76. The lowest BCUT2D eigenvalue weighted by Crippen LogP contribution is -2.51. The van der Waals surface area contributed by atoms with Crippen molar-refractivity contribution in [2.45, 2.75) is 51.4 Å². The lowest BCUT2D eigenvalue weighted by Gasteiger charge is -2.39. The number of hydrogen-bond acceptors (Lipinski definition) is 4. The van der Waals surface area contributed by atoms with Gasteiger partial charge in [0.05, 0.1) is 6.61 Å². The molecule has 0 bridgehead atoms. The largest absolute Gasteiger partial charge is 0.464 e. The minimum Gasteiger partial charge on any atom is -0.464 e. The number of rotatable bonds is 2. The molecule has 0 aromatic heterocycles. The molecule has 0 aromatic rings. The van der Waals surface area contributed by atoms with Crippen LogP contribution < -0.4 is 0 Å². The highest BCUT2D eigenvalue weighted by Gasteiger charge is 2.75. The number of ether oxygens (including phenoxy) is 2. The standard InChI is InChI=1S/C13H23NO3/c1-6-16-11(15)12(4)13(17-12)7-10(3)14(5)8-9(13)2/h9-10H,6-8H2,1-5H3/t9-,10-,12-,13+/m0/s1. The highest BCUT2D eigenvalue weighted by Crippen LogP contribution is 2.58. The molecule has 2 aliphatic rings. The zero-order valence-electron chi connectivity index (χ0n) is 11.4. The highest BCUT2D eigenvalue weighted by atomic mass is 16.7. The van der Waals surface area contributed by atoms with Crippen molar-refractivity contribution < 1.29 is 14.3 Å². The minimum absolute atomic E-state index is 0.205. The van der Waals surface area contributed by atoms with Gasteiger partial charge in [0, 0.05) is 18.5 Å². The van der Waals surface area contributed by atoms with Crippen LogP contribution in [0.3, 0.4) is 0 Å². The van der Waals surface area contributed by atoms with Crippen LogP contribution in [0.15, 0.2) is 0 Å². The van der Waals surface area contributed by atoms with Gasteiger partial charge < -0.3 is 14.4 Å². The van der Waals surface area contributed by atoms with Gasteiger partial charge in [0.25, 0.3) is 0 Å². The number of esters is 1. The first kappa shape index (κ1) is 12.8. The van der Waals surface area contributed by atoms with Crippen molar-refractivity contribution in [2.75, 3.05) is 20.2 Å². The smallest absolute Gasteiger partial charge is 0.341 e. The number of likely N-dealkylation sites (tertiary alicyclic amines) is 1. The predicted octanol–water partition coefficient (Wildman–Crippen LogP) is 1.44. The second-order valence-electron chi connectivity index (χ2n) is 5.64. The molecule has 2 fully saturated rings. The third-order valence-electron chi connectivity index (χ3n) is 4.53. The van der Waals surface area contributed by atoms with Crippen molar-refractivity contribution in [1.82, 2.24) is 4.90 Å². The lowest BCUT2D eigenvalue weighted by molar-refractivity contribution is -0.149. The normalized spacial score (nSPS) is 45.9. The molecule has 0 unspecified atom stereocenters. The van der Waals surface area contributed by atoms with Crippen LogP contribution in [0.25, 0.3) is 0 Å². The van der Waals surface area contributed by atoms with Crippen LogP contribution in [-0.2, 0) is 14.3 Å². The predicted molar refractivity (Wildman–Crippen MR) is 64.7 cm³/mol. The Balaban J connectivity index is 2.15. The van der Waals surface area contributed by atoms with Gasteiger partial charge in [-0.15, -0.1) is 0 Å². The van der Waals surface area contributed by atoms with Crippen LogP contribution in [-0.4, -0.2) is 48.3 Å². The zero-order valence-corrected chi connectivity index (χ0v) is 11.4. The summed E-state index contributed by atoms with van der Waals surface area (Å²) >= 11 is 0. The van der Waals surface area contributed by atoms with Gasteiger partial charge >= 0.3 is 5.97 Å². The van der Waals surface area contributed by atoms with E-state index < -0.39 is 5.60 Å². The van der Waals surface area contributed by atoms with Gasteiger partial charge in [0.15, 0.2) is 5.60 Å². The Kier molecular flexibility index (Phi) is 2.99. The summed E-state index contributed by atoms with van der Waals surface area (Å²) in [5.74, 6) is 0.154. The van der Waals surface area contributed by atoms with Crippen molar-refractivity contribution >= 4 is 5.97 Å². The highest BCUT2D eigenvalue weighted by molar-refractivity contribution is 5.84. The molecule has 17 heavy (non-hydrogen) atoms. The zero-order chi connectivity index (χ0) is 12.8. The van der Waals surface area contributed by atoms with Gasteiger partial charge in [-0.3, -0.25) is 0 Å². The maximum atomic E-state index is 12.0. The summed E-state index contributed by atoms with van der Waals surface area (Å²) in [6.07, 6.45) is 0.903. The van der Waals surface area contributed by atoms with Crippen molar-refractivity contribution in [3.8, 4) is 0 Å². The van der Waals surface area contributed by atoms with Crippen LogP contribution >= 0.6 is 0 Å². The summed E-state index contributed by atoms with van der Waals surface area (Å²) < 4.78 is 11.0. The quantitative estimate of drug-likeness (QED) is 0.542. The fraction of sp³-hybridized carbons (Fsp3) is 0.923. The first-order valence-corrected chi connectivity index (χ1v) is 6.45. The summed E-state index contributed by atoms with van der Waals surface area (Å²) in [4.78, 5) is 14.3. The first-order chi connectivity index (χ1) is 7.87. The molecule has 0 radical (unpaired) electrons. The van der Waals surface area contributed by atoms with Gasteiger partial charge in [-0.05, 0) is 34.2 Å². The molecule has 2 rings (SSSR count). The van der Waals surface area contributed by atoms with Crippen molar-refractivity contribution in [3.63, 3.8) is 0 Å². The maximum absolute atomic E-state index is 12.0. The van der Waals surface area contributed by atoms with Gasteiger partial charge in [-0.1, -0.05) is 6.92 Å². The minimum atomic E-state index is -0.724. The number of carbonyl (C=O) groups excluding carboxylic acids is 1. The summed E-state index contributed by atoms with van der Waals surface area (Å²) in [6, 6.07) is 0.447. The van der Waals surface area contributed by atoms with Crippen molar-refractivity contribution in [3.05, 3.63) is 0 Å². The van der Waals surface area contributed by atoms with Crippen molar-refractivity contribution in [1.29, 1.82) is 0 Å². The van der Waals surface area contributed by atoms with Crippen LogP contribution in [0.4, 0.5) is 0 Å². The summed E-state index contributed by atoms with van der Waals surface area (Å²) in [6.45, 7) is 9.43. The van der Waals surface area contributed by atoms with E-state index >= 15 is 0 Å². The average molecular weight is 241 g/mol. The van der Waals surface area contributed by atoms with Crippen LogP contribution in [0.1, 0.15) is 34.1 Å². The fourth-order valence-electron chi connectivity index (χ4n) is 3.18. The number of piperidine rings is 1. The second-order valence-corrected chi connectivity index (χ2v) is 5.64. The SMILES string of the molecule is CCOC(=O)[C@]1(C)O[C@@]12C[C@H](C)N(C)C[C@@H]2C. The second kappa shape index (κ2) is 3.95. The maximum Gasteiger partial charge on any atom is 0.341 e. The molecular weight excluding hydrogens is 218 g/mol. The molecule has 0 N–H and O–H groups in total. The van der Waals surface area contributed by atoms with Gasteiger partial charge in [-0.2, -0.15) is 0 Å². The van der Waals surface area contributed by atoms with E-state index in [0.717, 1.165) is 13.0 Å². The Labute approximate surface area is 103 Å². The molecule has 0 saturated carbocycles. The number of nitrogens with zero attached hydrogens (tertiary/aromatic N) is 1. The van der Waals surface area contributed by atoms with E-state index in [4.69, 9.17) is 9.47 Å². The number of hydrogen-bond donors (Lipinski definition) is 0. The Morgan fingerprint density at radius 2 is 2.18 bits per heavy atom. The van der Waals surface area contributed by atoms with E-state index in [1.807, 2.05) is 13.8 Å². The summed E-state index contributed by atoms with van der Waals surface area (Å²) in [5, 5.41) is 0. The van der Waals surface area contributed by atoms with Crippen LogP contribution in [0.2, 0.25) is 0 Å². The molecule has 0 amide bonds. The third-order valence-corrected chi connectivity index (χ3v) is 4.53. The Bertz CT molecular complexity index is 333. The van der Waals surface area contributed by atoms with E-state index in [2.05, 4.69) is 25.8 Å². The molecule has 0 aromatic carbocycles. The van der Waals surface area contributed by atoms with Crippen LogP contribution in [0, 0.1) is 5.92 Å². The van der Waals surface area contributed by atoms with E-state index in [9.17, 15) is 4.79 Å². The molecule has 0 aliphatic carbocycles. The fourth-order valence-corrected chi connectivity index (χ4v) is 3.18. The Morgan fingerprint density at radius 3 is 2.76 bits per heavy atom. The molecule has 2 heterocycles. The van der Waals surface area contributed by atoms with E-state index in [1.54, 1.807) is 0 Å². The van der Waals surface area contributed by atoms with E-state index in [1.165, 1.54) is 0 Å². The molecule has 4 heteroatoms. The van der Waals surface area contributed by atoms with Gasteiger partial charge in [-0.25, -0.2) is 4.79 Å². The molecular formula is C13H23NO3. The van der Waals surface area contributed by atoms with Gasteiger partial charge in [0.1, 0.15) is 5.60 Å². The average Bonchev–Trinajstić information content (AvgIpc) is 2.85. The van der Waals surface area contributed by atoms with Crippen molar-refractivity contribution in [2.24, 2.45) is 5.92 Å². The Hall–Kier alpha value is -0.610. The molecule has 98 valence electrons. The monoisotopic (exact) mass is 241 g/mol. The third kappa shape index (κ3) is 1.69. The molecule has 1 spiro atoms. The number of epoxide rings is 1. The molecule has 2 aliphatic heterocycles. The molecule has 2 saturated heterocycles. The van der Waals surface area contributed by atoms with E-state index in [-0.39, 0.29) is 11.6 Å². The topological polar surface area (TPSA) is 42.1 Å². The first-order valence-electron chi connectivity index (χ1n) is 6.45. The van der Waals surface area contributed by atoms with Gasteiger partial charge in [0.2, 0.25) is 0 Å². The summed E-state index contributed by atoms with van der Waals surface area (Å²) in [7, 11) is 2.12.